The molecule has 0 atom stereocenters. The van der Waals surface area contributed by atoms with E-state index in [-0.39, 0.29) is 25.8 Å². The molecule has 0 N–H and O–H groups in total. The maximum absolute atomic E-state index is 6.54. The normalized spacial score (nSPS) is 12.3. The first-order valence-corrected chi connectivity index (χ1v) is 15.9. The third-order valence-electron chi connectivity index (χ3n) is 9.48. The Labute approximate surface area is 290 Å². The molecule has 5 nitrogen and oxygen atoms in total. The van der Waals surface area contributed by atoms with Crippen LogP contribution >= 0.6 is 0 Å². The molecule has 10 rings (SSSR count). The van der Waals surface area contributed by atoms with Crippen LogP contribution in [0.3, 0.4) is 0 Å². The zero-order chi connectivity index (χ0) is 31.4. The molecule has 0 saturated carbocycles. The summed E-state index contributed by atoms with van der Waals surface area (Å²) in [6, 6.07) is 42.9. The van der Waals surface area contributed by atoms with E-state index >= 15 is 0 Å². The average Bonchev–Trinajstić information content (AvgIpc) is 3.78. The number of aromatic nitrogens is 4. The van der Waals surface area contributed by atoms with Gasteiger partial charge in [-0.3, -0.25) is 4.98 Å². The molecule has 5 aromatic carbocycles. The molecule has 6 heteroatoms. The first-order valence-electron chi connectivity index (χ1n) is 15.9. The maximum Gasteiger partial charge on any atom is 2.00 e. The van der Waals surface area contributed by atoms with Gasteiger partial charge in [-0.05, 0) is 33.9 Å². The summed E-state index contributed by atoms with van der Waals surface area (Å²) in [5.74, 6) is 1.24. The van der Waals surface area contributed by atoms with Crippen LogP contribution in [0.15, 0.2) is 116 Å². The zero-order valence-electron chi connectivity index (χ0n) is 26.5. The summed E-state index contributed by atoms with van der Waals surface area (Å²) >= 11 is 0. The maximum atomic E-state index is 6.54. The minimum Gasteiger partial charge on any atom is -0.503 e. The van der Waals surface area contributed by atoms with E-state index in [4.69, 9.17) is 14.7 Å². The smallest absolute Gasteiger partial charge is 0.503 e. The molecule has 48 heavy (non-hydrogen) atoms. The molecule has 0 aliphatic heterocycles. The van der Waals surface area contributed by atoms with Gasteiger partial charge >= 0.3 is 20.4 Å². The Morgan fingerprint density at radius 3 is 2.23 bits per heavy atom. The van der Waals surface area contributed by atoms with E-state index in [1.165, 1.54) is 27.2 Å². The van der Waals surface area contributed by atoms with Crippen LogP contribution in [0.2, 0.25) is 0 Å². The Bertz CT molecular complexity index is 2860. The van der Waals surface area contributed by atoms with Gasteiger partial charge in [0.05, 0.1) is 11.3 Å². The Kier molecular flexibility index (Phi) is 6.24. The number of imidazole rings is 1. The third-order valence-corrected chi connectivity index (χ3v) is 9.48. The largest absolute Gasteiger partial charge is 2.00 e. The predicted octanol–water partition coefficient (Wildman–Crippen LogP) is 10.5. The van der Waals surface area contributed by atoms with Gasteiger partial charge in [-0.15, -0.1) is 29.7 Å². The van der Waals surface area contributed by atoms with E-state index in [2.05, 4.69) is 121 Å². The minimum atomic E-state index is -0.0214. The van der Waals surface area contributed by atoms with Crippen molar-refractivity contribution in [2.45, 2.75) is 26.2 Å². The van der Waals surface area contributed by atoms with Crippen molar-refractivity contribution in [3.8, 4) is 22.8 Å². The summed E-state index contributed by atoms with van der Waals surface area (Å²) in [7, 11) is 0. The van der Waals surface area contributed by atoms with Crippen molar-refractivity contribution in [1.29, 1.82) is 0 Å². The molecule has 0 unspecified atom stereocenters. The number of hydrogen-bond donors (Lipinski definition) is 0. The van der Waals surface area contributed by atoms with Gasteiger partial charge in [-0.1, -0.05) is 110 Å². The van der Waals surface area contributed by atoms with Crippen molar-refractivity contribution in [2.75, 3.05) is 0 Å². The topological polar surface area (TPSA) is 43.8 Å². The van der Waals surface area contributed by atoms with Crippen molar-refractivity contribution in [1.82, 2.24) is 18.8 Å². The second-order valence-corrected chi connectivity index (χ2v) is 13.3. The molecule has 0 fully saturated rings. The molecule has 0 bridgehead atoms. The van der Waals surface area contributed by atoms with E-state index < -0.39 is 0 Å². The molecular formula is C42H28N4OPd. The van der Waals surface area contributed by atoms with E-state index in [9.17, 15) is 0 Å². The standard InChI is InChI=1S/C42H28N4O.Pd/c1-42(2,3)34-20-21-43-41-38(34)32-14-9-13-31-30-19-17-27(23-37(30)46(41)39(31)32)47-26-16-18-28-29-12-7-8-15-36(29)45-24-35(25-10-5-4-6-11-25)44-40(45)33(28)22-26;/h4-21,24H,1-3H3;/q-2;+2. The number of pyridine rings is 2. The van der Waals surface area contributed by atoms with Crippen molar-refractivity contribution in [3.63, 3.8) is 0 Å². The average molecular weight is 711 g/mol. The fraction of sp³-hybridized carbons (Fsp3) is 0.0952. The van der Waals surface area contributed by atoms with Crippen LogP contribution in [-0.4, -0.2) is 18.8 Å². The number of nitrogens with zero attached hydrogens (tertiary/aromatic N) is 4. The van der Waals surface area contributed by atoms with Gasteiger partial charge < -0.3 is 13.5 Å². The van der Waals surface area contributed by atoms with Crippen LogP contribution in [0, 0.1) is 12.1 Å². The molecule has 0 aliphatic rings. The van der Waals surface area contributed by atoms with E-state index in [1.54, 1.807) is 0 Å². The molecule has 10 aromatic rings. The van der Waals surface area contributed by atoms with Gasteiger partial charge in [-0.25, -0.2) is 4.98 Å². The number of hydrogen-bond acceptors (Lipinski definition) is 3. The van der Waals surface area contributed by atoms with Crippen LogP contribution in [0.5, 0.6) is 11.5 Å². The van der Waals surface area contributed by atoms with Crippen LogP contribution in [0.1, 0.15) is 26.3 Å². The molecule has 5 heterocycles. The molecule has 0 aliphatic carbocycles. The Morgan fingerprint density at radius 1 is 0.667 bits per heavy atom. The third kappa shape index (κ3) is 4.07. The molecule has 0 spiro atoms. The van der Waals surface area contributed by atoms with Crippen molar-refractivity contribution in [3.05, 3.63) is 133 Å². The monoisotopic (exact) mass is 710 g/mol. The number of benzene rings is 5. The fourth-order valence-corrected chi connectivity index (χ4v) is 7.41. The molecule has 232 valence electrons. The van der Waals surface area contributed by atoms with Crippen LogP contribution < -0.4 is 4.74 Å². The second-order valence-electron chi connectivity index (χ2n) is 13.3. The van der Waals surface area contributed by atoms with E-state index in [0.717, 1.165) is 55.1 Å². The van der Waals surface area contributed by atoms with Crippen molar-refractivity contribution in [2.24, 2.45) is 0 Å². The summed E-state index contributed by atoms with van der Waals surface area (Å²) in [5, 5.41) is 7.88. The van der Waals surface area contributed by atoms with Crippen LogP contribution in [0.4, 0.5) is 0 Å². The summed E-state index contributed by atoms with van der Waals surface area (Å²) in [5.41, 5.74) is 8.29. The second kappa shape index (κ2) is 10.4. The van der Waals surface area contributed by atoms with Gasteiger partial charge in [0.25, 0.3) is 0 Å². The Morgan fingerprint density at radius 2 is 1.40 bits per heavy atom. The van der Waals surface area contributed by atoms with Crippen LogP contribution in [-0.2, 0) is 25.8 Å². The summed E-state index contributed by atoms with van der Waals surface area (Å²) in [6.45, 7) is 6.78. The Hall–Kier alpha value is -5.28. The minimum absolute atomic E-state index is 0. The van der Waals surface area contributed by atoms with E-state index in [1.807, 2.05) is 36.5 Å². The number of rotatable bonds is 3. The van der Waals surface area contributed by atoms with Gasteiger partial charge in [0, 0.05) is 51.3 Å². The van der Waals surface area contributed by atoms with Gasteiger partial charge in [0.1, 0.15) is 5.65 Å². The van der Waals surface area contributed by atoms with Crippen molar-refractivity contribution < 1.29 is 25.2 Å². The molecule has 0 radical (unpaired) electrons. The molecule has 0 saturated heterocycles. The summed E-state index contributed by atoms with van der Waals surface area (Å²) < 4.78 is 11.0. The number of fused-ring (bicyclic) bond motifs is 12. The SMILES string of the molecule is CC(C)(C)c1ccnc2c1c1cccc3c4ccc(Oc5[c-]c6c(cc5)c5ccccc5n5cc(-c7ccccc7)nc65)[c-]c4n2c31.[Pd+2]. The van der Waals surface area contributed by atoms with Crippen molar-refractivity contribution >= 4 is 65.5 Å². The van der Waals surface area contributed by atoms with Gasteiger partial charge in [0.2, 0.25) is 0 Å². The molecular weight excluding hydrogens is 683 g/mol. The molecule has 0 amide bonds. The first-order chi connectivity index (χ1) is 22.9. The first kappa shape index (κ1) is 28.9. The summed E-state index contributed by atoms with van der Waals surface area (Å²) in [6.07, 6.45) is 4.04. The molecule has 5 aromatic heterocycles. The quantitative estimate of drug-likeness (QED) is 0.104. The number of para-hydroxylation sites is 2. The van der Waals surface area contributed by atoms with Gasteiger partial charge in [0.15, 0.2) is 0 Å². The van der Waals surface area contributed by atoms with Crippen LogP contribution in [0.25, 0.3) is 76.8 Å². The number of ether oxygens (including phenoxy) is 1. The fourth-order valence-electron chi connectivity index (χ4n) is 7.41. The Balaban J connectivity index is 0.00000314. The summed E-state index contributed by atoms with van der Waals surface area (Å²) in [4.78, 5) is 10.0. The van der Waals surface area contributed by atoms with E-state index in [0.29, 0.717) is 11.5 Å². The predicted molar refractivity (Wildman–Crippen MR) is 191 cm³/mol. The van der Waals surface area contributed by atoms with Gasteiger partial charge in [-0.2, -0.15) is 6.07 Å². The zero-order valence-corrected chi connectivity index (χ0v) is 28.0.